The maximum absolute atomic E-state index is 12.8. The maximum Gasteiger partial charge on any atom is 0.229 e. The molecular formula is C29H34FN3O3. The van der Waals surface area contributed by atoms with Gasteiger partial charge in [-0.2, -0.15) is 0 Å². The highest BCUT2D eigenvalue weighted by Gasteiger charge is 2.21. The van der Waals surface area contributed by atoms with E-state index in [4.69, 9.17) is 4.74 Å². The molecule has 0 unspecified atom stereocenters. The molecule has 0 spiro atoms. The van der Waals surface area contributed by atoms with Crippen molar-refractivity contribution in [1.29, 1.82) is 0 Å². The van der Waals surface area contributed by atoms with Gasteiger partial charge in [-0.05, 0) is 48.9 Å². The molecule has 0 atom stereocenters. The van der Waals surface area contributed by atoms with Crippen molar-refractivity contribution >= 4 is 23.7 Å². The summed E-state index contributed by atoms with van der Waals surface area (Å²) in [5.41, 5.74) is 4.57. The highest BCUT2D eigenvalue weighted by molar-refractivity contribution is 5.94. The van der Waals surface area contributed by atoms with Crippen molar-refractivity contribution in [3.63, 3.8) is 0 Å². The molecule has 1 N–H and O–H groups in total. The highest BCUT2D eigenvalue weighted by atomic mass is 19.1. The minimum Gasteiger partial charge on any atom is -0.491 e. The number of para-hydroxylation sites is 1. The predicted molar refractivity (Wildman–Crippen MR) is 142 cm³/mol. The van der Waals surface area contributed by atoms with Crippen LogP contribution in [0.15, 0.2) is 66.7 Å². The molecule has 36 heavy (non-hydrogen) atoms. The van der Waals surface area contributed by atoms with E-state index in [-0.39, 0.29) is 17.6 Å². The normalized spacial score (nSPS) is 12.4. The molecule has 0 fully saturated rings. The molecule has 7 heteroatoms. The van der Waals surface area contributed by atoms with Gasteiger partial charge in [0.15, 0.2) is 0 Å². The number of hydrogen-bond donors (Lipinski definition) is 1. The molecule has 3 aromatic rings. The van der Waals surface area contributed by atoms with Crippen molar-refractivity contribution in [2.75, 3.05) is 30.4 Å². The van der Waals surface area contributed by atoms with Crippen LogP contribution in [0.3, 0.4) is 0 Å². The van der Waals surface area contributed by atoms with Crippen LogP contribution in [0.5, 0.6) is 5.75 Å². The number of hydrogen-bond acceptors (Lipinski definition) is 4. The number of nitrogens with one attached hydrogen (secondary N) is 1. The van der Waals surface area contributed by atoms with Crippen LogP contribution in [0.1, 0.15) is 30.5 Å². The zero-order valence-corrected chi connectivity index (χ0v) is 21.3. The van der Waals surface area contributed by atoms with Gasteiger partial charge < -0.3 is 19.9 Å². The molecule has 1 aliphatic rings. The first-order valence-corrected chi connectivity index (χ1v) is 12.1. The molecule has 0 saturated heterocycles. The van der Waals surface area contributed by atoms with Crippen molar-refractivity contribution in [3.05, 3.63) is 89.2 Å². The van der Waals surface area contributed by atoms with Crippen molar-refractivity contribution in [1.82, 2.24) is 4.90 Å². The number of rotatable bonds is 6. The van der Waals surface area contributed by atoms with E-state index in [1.807, 2.05) is 68.1 Å². The van der Waals surface area contributed by atoms with Crippen LogP contribution in [0.2, 0.25) is 0 Å². The maximum atomic E-state index is 12.8. The van der Waals surface area contributed by atoms with Gasteiger partial charge in [0.1, 0.15) is 18.2 Å². The van der Waals surface area contributed by atoms with Crippen LogP contribution in [0.25, 0.3) is 0 Å². The molecule has 6 nitrogen and oxygen atoms in total. The number of ether oxygens (including phenoxy) is 1. The Labute approximate surface area is 212 Å². The van der Waals surface area contributed by atoms with Crippen molar-refractivity contribution in [2.45, 2.75) is 33.9 Å². The zero-order valence-electron chi connectivity index (χ0n) is 21.3. The van der Waals surface area contributed by atoms with Crippen LogP contribution >= 0.6 is 0 Å². The van der Waals surface area contributed by atoms with Crippen LogP contribution in [0.4, 0.5) is 15.8 Å². The number of anilines is 2. The number of fused-ring (bicyclic) bond motifs is 1. The van der Waals surface area contributed by atoms with E-state index < -0.39 is 0 Å². The van der Waals surface area contributed by atoms with Crippen molar-refractivity contribution < 1.29 is 18.7 Å². The topological polar surface area (TPSA) is 61.9 Å². The van der Waals surface area contributed by atoms with Gasteiger partial charge in [0, 0.05) is 30.8 Å². The minimum absolute atomic E-state index is 0.0829. The fourth-order valence-corrected chi connectivity index (χ4v) is 3.84. The van der Waals surface area contributed by atoms with Crippen molar-refractivity contribution in [2.24, 2.45) is 5.92 Å². The standard InChI is InChI=1S/C22H26N2O3.C7H8FN/c1-16(2)22(26)24(20-7-4-17(3)5-8-20)13-18-6-9-21-19(12-18)14-23(15-25)10-11-27-21;1-9-7-5-3-2-4-6(7)8/h4-9,12,15-16H,10-11,13-14H2,1-3H3;2-5,9H,1H3. The Hall–Kier alpha value is -3.87. The summed E-state index contributed by atoms with van der Waals surface area (Å²) in [7, 11) is 1.69. The Morgan fingerprint density at radius 3 is 2.47 bits per heavy atom. The summed E-state index contributed by atoms with van der Waals surface area (Å²) < 4.78 is 18.3. The summed E-state index contributed by atoms with van der Waals surface area (Å²) in [6, 6.07) is 20.5. The largest absolute Gasteiger partial charge is 0.491 e. The van der Waals surface area contributed by atoms with Gasteiger partial charge in [0.2, 0.25) is 12.3 Å². The molecular weight excluding hydrogens is 457 g/mol. The summed E-state index contributed by atoms with van der Waals surface area (Å²) in [6.07, 6.45) is 0.853. The van der Waals surface area contributed by atoms with E-state index in [0.29, 0.717) is 31.9 Å². The molecule has 0 aliphatic carbocycles. The molecule has 1 heterocycles. The molecule has 0 saturated carbocycles. The van der Waals surface area contributed by atoms with Gasteiger partial charge >= 0.3 is 0 Å². The van der Waals surface area contributed by atoms with Gasteiger partial charge in [0.25, 0.3) is 0 Å². The fraction of sp³-hybridized carbons (Fsp3) is 0.310. The van der Waals surface area contributed by atoms with Gasteiger partial charge in [0.05, 0.1) is 18.8 Å². The second-order valence-corrected chi connectivity index (χ2v) is 9.01. The lowest BCUT2D eigenvalue weighted by Gasteiger charge is -2.25. The quantitative estimate of drug-likeness (QED) is 0.469. The SMILES string of the molecule is CNc1ccccc1F.Cc1ccc(N(Cc2ccc3c(c2)CN(C=O)CCO3)C(=O)C(C)C)cc1. The second-order valence-electron chi connectivity index (χ2n) is 9.01. The summed E-state index contributed by atoms with van der Waals surface area (Å²) in [4.78, 5) is 27.5. The van der Waals surface area contributed by atoms with Gasteiger partial charge in [-0.25, -0.2) is 4.39 Å². The van der Waals surface area contributed by atoms with Crippen molar-refractivity contribution in [3.8, 4) is 5.75 Å². The Morgan fingerprint density at radius 1 is 1.14 bits per heavy atom. The van der Waals surface area contributed by atoms with E-state index in [2.05, 4.69) is 5.32 Å². The predicted octanol–water partition coefficient (Wildman–Crippen LogP) is 5.40. The van der Waals surface area contributed by atoms with Crippen LogP contribution < -0.4 is 15.0 Å². The average molecular weight is 492 g/mol. The van der Waals surface area contributed by atoms with Crippen LogP contribution in [0, 0.1) is 18.7 Å². The number of carbonyl (C=O) groups excluding carboxylic acids is 2. The number of nitrogens with zero attached hydrogens (tertiary/aromatic N) is 2. The Kier molecular flexibility index (Phi) is 9.45. The molecule has 3 aromatic carbocycles. The number of benzene rings is 3. The smallest absolute Gasteiger partial charge is 0.229 e. The molecule has 190 valence electrons. The third-order valence-electron chi connectivity index (χ3n) is 5.87. The van der Waals surface area contributed by atoms with E-state index in [9.17, 15) is 14.0 Å². The Balaban J connectivity index is 0.000000338. The fourth-order valence-electron chi connectivity index (χ4n) is 3.84. The second kappa shape index (κ2) is 12.7. The highest BCUT2D eigenvalue weighted by Crippen LogP contribution is 2.26. The number of aryl methyl sites for hydroxylation is 1. The monoisotopic (exact) mass is 491 g/mol. The zero-order chi connectivity index (χ0) is 26.1. The molecule has 4 rings (SSSR count). The summed E-state index contributed by atoms with van der Waals surface area (Å²) in [5.74, 6) is 0.584. The average Bonchev–Trinajstić information content (AvgIpc) is 3.09. The molecule has 0 radical (unpaired) electrons. The lowest BCUT2D eigenvalue weighted by atomic mass is 10.1. The first kappa shape index (κ1) is 26.7. The van der Waals surface area contributed by atoms with E-state index in [1.165, 1.54) is 6.07 Å². The van der Waals surface area contributed by atoms with Gasteiger partial charge in [-0.3, -0.25) is 9.59 Å². The summed E-state index contributed by atoms with van der Waals surface area (Å²) in [6.45, 7) is 7.93. The Morgan fingerprint density at radius 2 is 1.86 bits per heavy atom. The minimum atomic E-state index is -0.208. The molecule has 0 aromatic heterocycles. The van der Waals surface area contributed by atoms with Gasteiger partial charge in [-0.1, -0.05) is 49.7 Å². The van der Waals surface area contributed by atoms with E-state index in [1.54, 1.807) is 30.1 Å². The number of carbonyl (C=O) groups is 2. The molecule has 1 aliphatic heterocycles. The third kappa shape index (κ3) is 7.07. The van der Waals surface area contributed by atoms with E-state index >= 15 is 0 Å². The summed E-state index contributed by atoms with van der Waals surface area (Å²) >= 11 is 0. The lowest BCUT2D eigenvalue weighted by Crippen LogP contribution is -2.33. The van der Waals surface area contributed by atoms with Crippen LogP contribution in [-0.2, 0) is 22.7 Å². The number of halogens is 1. The lowest BCUT2D eigenvalue weighted by molar-refractivity contribution is -0.121. The third-order valence-corrected chi connectivity index (χ3v) is 5.87. The van der Waals surface area contributed by atoms with E-state index in [0.717, 1.165) is 34.5 Å². The van der Waals surface area contributed by atoms with Gasteiger partial charge in [-0.15, -0.1) is 0 Å². The first-order valence-electron chi connectivity index (χ1n) is 12.1. The molecule has 2 amide bonds. The summed E-state index contributed by atoms with van der Waals surface area (Å²) in [5, 5.41) is 2.72. The van der Waals surface area contributed by atoms with Crippen LogP contribution in [-0.4, -0.2) is 37.4 Å². The Bertz CT molecular complexity index is 1160. The number of amides is 2. The first-order chi connectivity index (χ1) is 17.3. The molecule has 0 bridgehead atoms.